The van der Waals surface area contributed by atoms with Gasteiger partial charge in [0.05, 0.1) is 22.3 Å². The van der Waals surface area contributed by atoms with Crippen molar-refractivity contribution in [3.05, 3.63) is 58.9 Å². The van der Waals surface area contributed by atoms with Gasteiger partial charge in [0.25, 0.3) is 5.56 Å². The Kier molecular flexibility index (Phi) is 7.34. The molecule has 1 N–H and O–H groups in total. The van der Waals surface area contributed by atoms with Gasteiger partial charge < -0.3 is 10.1 Å². The zero-order valence-corrected chi connectivity index (χ0v) is 23.9. The summed E-state index contributed by atoms with van der Waals surface area (Å²) in [5.74, 6) is -0.182. The Labute approximate surface area is 230 Å². The first-order valence-electron chi connectivity index (χ1n) is 11.4. The molecule has 3 aromatic heterocycles. The summed E-state index contributed by atoms with van der Waals surface area (Å²) in [6.07, 6.45) is 0. The molecule has 4 rings (SSSR count). The SMILES string of the molecule is Cn1c(=O)c2c(n(C)c1=O)n(C)c(=O)n2CC(=O)Nc1nc(-c2cc(Cl)c(OCC(C)(C)C)c(Cl)c2)cs1. The number of aromatic nitrogens is 5. The molecule has 0 saturated heterocycles. The van der Waals surface area contributed by atoms with Crippen molar-refractivity contribution in [2.75, 3.05) is 11.9 Å². The number of amides is 1. The van der Waals surface area contributed by atoms with Crippen molar-refractivity contribution in [1.82, 2.24) is 23.3 Å². The number of ether oxygens (including phenoxy) is 1. The van der Waals surface area contributed by atoms with E-state index in [0.29, 0.717) is 33.7 Å². The molecule has 1 amide bonds. The van der Waals surface area contributed by atoms with Crippen LogP contribution in [0.25, 0.3) is 22.4 Å². The van der Waals surface area contributed by atoms with Crippen molar-refractivity contribution in [3.8, 4) is 17.0 Å². The molecule has 3 heterocycles. The smallest absolute Gasteiger partial charge is 0.332 e. The van der Waals surface area contributed by atoms with Gasteiger partial charge in [-0.15, -0.1) is 11.3 Å². The average molecular weight is 581 g/mol. The predicted octanol–water partition coefficient (Wildman–Crippen LogP) is 3.23. The summed E-state index contributed by atoms with van der Waals surface area (Å²) < 4.78 is 10.1. The van der Waals surface area contributed by atoms with E-state index in [1.165, 1.54) is 37.0 Å². The molecule has 0 bridgehead atoms. The van der Waals surface area contributed by atoms with Gasteiger partial charge in [0.15, 0.2) is 22.0 Å². The van der Waals surface area contributed by atoms with E-state index in [9.17, 15) is 19.2 Å². The topological polar surface area (TPSA) is 122 Å². The van der Waals surface area contributed by atoms with Crippen molar-refractivity contribution >= 4 is 56.7 Å². The van der Waals surface area contributed by atoms with Crippen LogP contribution in [0.1, 0.15) is 20.8 Å². The number of hydrogen-bond donors (Lipinski definition) is 1. The zero-order chi connectivity index (χ0) is 28.1. The van der Waals surface area contributed by atoms with Crippen molar-refractivity contribution in [2.45, 2.75) is 27.3 Å². The largest absolute Gasteiger partial charge is 0.490 e. The number of fused-ring (bicyclic) bond motifs is 1. The highest BCUT2D eigenvalue weighted by Crippen LogP contribution is 2.39. The number of thiazole rings is 1. The second-order valence-electron chi connectivity index (χ2n) is 10.0. The summed E-state index contributed by atoms with van der Waals surface area (Å²) in [7, 11) is 4.19. The van der Waals surface area contributed by atoms with Gasteiger partial charge in [0, 0.05) is 32.1 Å². The van der Waals surface area contributed by atoms with E-state index in [-0.39, 0.29) is 21.7 Å². The molecule has 0 spiro atoms. The Morgan fingerprint density at radius 1 is 1.03 bits per heavy atom. The van der Waals surface area contributed by atoms with Gasteiger partial charge in [0.2, 0.25) is 5.91 Å². The van der Waals surface area contributed by atoms with Gasteiger partial charge >= 0.3 is 11.4 Å². The summed E-state index contributed by atoms with van der Waals surface area (Å²) in [6, 6.07) is 3.36. The van der Waals surface area contributed by atoms with E-state index in [4.69, 9.17) is 27.9 Å². The Bertz CT molecular complexity index is 1730. The molecule has 0 unspecified atom stereocenters. The lowest BCUT2D eigenvalue weighted by atomic mass is 9.99. The van der Waals surface area contributed by atoms with Crippen molar-refractivity contribution in [1.29, 1.82) is 0 Å². The number of benzene rings is 1. The number of halogens is 2. The highest BCUT2D eigenvalue weighted by Gasteiger charge is 2.22. The first kappa shape index (κ1) is 27.7. The third-order valence-corrected chi connectivity index (χ3v) is 7.03. The van der Waals surface area contributed by atoms with Crippen LogP contribution in [0.15, 0.2) is 31.9 Å². The third kappa shape index (κ3) is 5.16. The lowest BCUT2D eigenvalue weighted by Gasteiger charge is -2.20. The number of rotatable bonds is 6. The maximum Gasteiger partial charge on any atom is 0.332 e. The molecule has 0 fully saturated rings. The summed E-state index contributed by atoms with van der Waals surface area (Å²) in [5.41, 5.74) is -0.693. The summed E-state index contributed by atoms with van der Waals surface area (Å²) in [4.78, 5) is 55.1. The minimum Gasteiger partial charge on any atom is -0.490 e. The fraction of sp³-hybridized carbons (Fsp3) is 0.375. The summed E-state index contributed by atoms with van der Waals surface area (Å²) in [6.45, 7) is 6.09. The molecule has 11 nitrogen and oxygen atoms in total. The fourth-order valence-electron chi connectivity index (χ4n) is 3.85. The number of nitrogens with one attached hydrogen (secondary N) is 1. The monoisotopic (exact) mass is 580 g/mol. The van der Waals surface area contributed by atoms with Crippen molar-refractivity contribution < 1.29 is 9.53 Å². The van der Waals surface area contributed by atoms with Crippen molar-refractivity contribution in [3.63, 3.8) is 0 Å². The highest BCUT2D eigenvalue weighted by molar-refractivity contribution is 7.14. The zero-order valence-electron chi connectivity index (χ0n) is 21.6. The molecule has 14 heteroatoms. The standard InChI is InChI=1S/C24H26Cl2N6O5S/c1-24(2,3)11-37-18-13(25)7-12(8-14(18)26)15-10-38-21(27-15)28-16(33)9-32-17-19(30(5)23(32)36)29(4)22(35)31(6)20(17)34/h7-8,10H,9,11H2,1-6H3,(H,27,28,33). The van der Waals surface area contributed by atoms with E-state index in [1.54, 1.807) is 17.5 Å². The molecule has 0 atom stereocenters. The van der Waals surface area contributed by atoms with Crippen LogP contribution >= 0.6 is 34.5 Å². The Morgan fingerprint density at radius 2 is 1.63 bits per heavy atom. The van der Waals surface area contributed by atoms with Gasteiger partial charge in [-0.05, 0) is 17.5 Å². The van der Waals surface area contributed by atoms with Crippen LogP contribution in [0.2, 0.25) is 10.0 Å². The second kappa shape index (κ2) is 10.1. The number of nitrogens with zero attached hydrogens (tertiary/aromatic N) is 5. The van der Waals surface area contributed by atoms with Gasteiger partial charge in [-0.3, -0.25) is 27.9 Å². The highest BCUT2D eigenvalue weighted by atomic mass is 35.5. The molecule has 202 valence electrons. The van der Waals surface area contributed by atoms with Crippen LogP contribution in [0.3, 0.4) is 0 Å². The lowest BCUT2D eigenvalue weighted by Crippen LogP contribution is -2.38. The average Bonchev–Trinajstić information content (AvgIpc) is 3.38. The minimum absolute atomic E-state index is 0.0462. The van der Waals surface area contributed by atoms with Crippen LogP contribution in [0.4, 0.5) is 5.13 Å². The van der Waals surface area contributed by atoms with Gasteiger partial charge in [0.1, 0.15) is 6.54 Å². The van der Waals surface area contributed by atoms with Crippen molar-refractivity contribution in [2.24, 2.45) is 26.6 Å². The van der Waals surface area contributed by atoms with Crippen LogP contribution in [0, 0.1) is 5.41 Å². The molecular weight excluding hydrogens is 555 g/mol. The van der Waals surface area contributed by atoms with E-state index >= 15 is 0 Å². The first-order chi connectivity index (χ1) is 17.7. The van der Waals surface area contributed by atoms with Crippen LogP contribution in [-0.4, -0.2) is 35.8 Å². The van der Waals surface area contributed by atoms with E-state index in [1.807, 2.05) is 20.8 Å². The third-order valence-electron chi connectivity index (χ3n) is 5.71. The first-order valence-corrected chi connectivity index (χ1v) is 13.1. The Morgan fingerprint density at radius 3 is 2.24 bits per heavy atom. The second-order valence-corrected chi connectivity index (χ2v) is 11.7. The molecule has 0 aliphatic rings. The molecule has 0 saturated carbocycles. The minimum atomic E-state index is -0.672. The maximum absolute atomic E-state index is 12.8. The number of aryl methyl sites for hydroxylation is 2. The summed E-state index contributed by atoms with van der Waals surface area (Å²) >= 11 is 14.0. The van der Waals surface area contributed by atoms with Crippen LogP contribution in [0.5, 0.6) is 5.75 Å². The maximum atomic E-state index is 12.8. The normalized spacial score (nSPS) is 11.8. The quantitative estimate of drug-likeness (QED) is 0.373. The van der Waals surface area contributed by atoms with Crippen LogP contribution < -0.4 is 27.0 Å². The Hall–Kier alpha value is -3.35. The van der Waals surface area contributed by atoms with Gasteiger partial charge in [-0.2, -0.15) is 0 Å². The fourth-order valence-corrected chi connectivity index (χ4v) is 5.18. The van der Waals surface area contributed by atoms with E-state index in [2.05, 4.69) is 10.3 Å². The number of anilines is 1. The molecule has 0 aliphatic carbocycles. The molecule has 38 heavy (non-hydrogen) atoms. The molecule has 4 aromatic rings. The summed E-state index contributed by atoms with van der Waals surface area (Å²) in [5, 5.41) is 5.32. The number of carbonyl (C=O) groups is 1. The Balaban J connectivity index is 1.57. The predicted molar refractivity (Wildman–Crippen MR) is 149 cm³/mol. The van der Waals surface area contributed by atoms with Crippen LogP contribution in [-0.2, 0) is 32.5 Å². The molecule has 0 radical (unpaired) electrons. The molecular formula is C24H26Cl2N6O5S. The number of carbonyl (C=O) groups excluding carboxylic acids is 1. The van der Waals surface area contributed by atoms with Gasteiger partial charge in [-0.1, -0.05) is 44.0 Å². The lowest BCUT2D eigenvalue weighted by molar-refractivity contribution is -0.116. The van der Waals surface area contributed by atoms with Gasteiger partial charge in [-0.25, -0.2) is 14.6 Å². The van der Waals surface area contributed by atoms with E-state index < -0.39 is 29.4 Å². The molecule has 0 aliphatic heterocycles. The molecule has 1 aromatic carbocycles. The van der Waals surface area contributed by atoms with E-state index in [0.717, 1.165) is 13.7 Å². The number of imidazole rings is 1. The number of hydrogen-bond acceptors (Lipinski definition) is 7.